The summed E-state index contributed by atoms with van der Waals surface area (Å²) in [5, 5.41) is 8.84. The third kappa shape index (κ3) is 3.04. The maximum absolute atomic E-state index is 4.38. The molecule has 2 aromatic heterocycles. The number of anilines is 1. The Morgan fingerprint density at radius 3 is 2.81 bits per heavy atom. The Bertz CT molecular complexity index is 704. The van der Waals surface area contributed by atoms with E-state index in [1.54, 1.807) is 17.7 Å². The van der Waals surface area contributed by atoms with Gasteiger partial charge in [-0.3, -0.25) is 0 Å². The molecule has 0 aliphatic carbocycles. The Hall–Kier alpha value is -1.98. The van der Waals surface area contributed by atoms with Gasteiger partial charge in [-0.25, -0.2) is 9.97 Å². The highest BCUT2D eigenvalue weighted by Crippen LogP contribution is 2.23. The molecule has 1 N–H and O–H groups in total. The molecule has 21 heavy (non-hydrogen) atoms. The van der Waals surface area contributed by atoms with E-state index in [-0.39, 0.29) is 0 Å². The molecular weight excluding hydrogens is 280 g/mol. The Kier molecular flexibility index (Phi) is 4.13. The lowest BCUT2D eigenvalue weighted by molar-refractivity contribution is 0.312. The van der Waals surface area contributed by atoms with E-state index in [2.05, 4.69) is 51.1 Å². The molecule has 0 radical (unpaired) electrons. The second-order valence-electron chi connectivity index (χ2n) is 5.16. The van der Waals surface area contributed by atoms with Crippen LogP contribution in [-0.2, 0) is 0 Å². The standard InChI is InChI=1S/C16H18N4S/c1-20(2)15(12-7-8-21-10-12)9-17-16-13-5-3-4-6-14(13)18-11-19-16/h3-8,10-11,15H,9H2,1-2H3,(H,17,18,19). The summed E-state index contributed by atoms with van der Waals surface area (Å²) in [6.45, 7) is 0.810. The fourth-order valence-corrected chi connectivity index (χ4v) is 3.11. The summed E-state index contributed by atoms with van der Waals surface area (Å²) in [7, 11) is 4.20. The summed E-state index contributed by atoms with van der Waals surface area (Å²) >= 11 is 1.73. The molecule has 3 rings (SSSR count). The predicted octanol–water partition coefficient (Wildman–Crippen LogP) is 3.41. The normalized spacial score (nSPS) is 12.7. The number of aromatic nitrogens is 2. The minimum atomic E-state index is 0.324. The van der Waals surface area contributed by atoms with Gasteiger partial charge in [0.1, 0.15) is 12.1 Å². The van der Waals surface area contributed by atoms with Crippen molar-refractivity contribution < 1.29 is 0 Å². The molecule has 3 aromatic rings. The van der Waals surface area contributed by atoms with Gasteiger partial charge < -0.3 is 10.2 Å². The maximum Gasteiger partial charge on any atom is 0.137 e. The van der Waals surface area contributed by atoms with Gasteiger partial charge in [-0.05, 0) is 48.6 Å². The lowest BCUT2D eigenvalue weighted by Crippen LogP contribution is -2.26. The van der Waals surface area contributed by atoms with Crippen LogP contribution in [0.3, 0.4) is 0 Å². The first-order chi connectivity index (χ1) is 10.3. The molecule has 4 nitrogen and oxygen atoms in total. The van der Waals surface area contributed by atoms with Crippen molar-refractivity contribution in [3.63, 3.8) is 0 Å². The molecule has 0 amide bonds. The van der Waals surface area contributed by atoms with Crippen molar-refractivity contribution in [3.8, 4) is 0 Å². The topological polar surface area (TPSA) is 41.0 Å². The van der Waals surface area contributed by atoms with E-state index in [9.17, 15) is 0 Å². The van der Waals surface area contributed by atoms with Crippen LogP contribution in [0.4, 0.5) is 5.82 Å². The third-order valence-electron chi connectivity index (χ3n) is 3.56. The zero-order chi connectivity index (χ0) is 14.7. The summed E-state index contributed by atoms with van der Waals surface area (Å²) in [6, 6.07) is 10.6. The van der Waals surface area contributed by atoms with Crippen LogP contribution in [0.2, 0.25) is 0 Å². The molecule has 0 aliphatic heterocycles. The summed E-state index contributed by atoms with van der Waals surface area (Å²) < 4.78 is 0. The Balaban J connectivity index is 1.82. The second-order valence-corrected chi connectivity index (χ2v) is 5.94. The molecule has 108 valence electrons. The number of hydrogen-bond donors (Lipinski definition) is 1. The first kappa shape index (κ1) is 14.0. The van der Waals surface area contributed by atoms with Gasteiger partial charge in [-0.1, -0.05) is 12.1 Å². The van der Waals surface area contributed by atoms with Crippen molar-refractivity contribution >= 4 is 28.1 Å². The molecule has 1 atom stereocenters. The number of rotatable bonds is 5. The third-order valence-corrected chi connectivity index (χ3v) is 4.26. The summed E-state index contributed by atoms with van der Waals surface area (Å²) in [5.41, 5.74) is 2.29. The van der Waals surface area contributed by atoms with Crippen LogP contribution >= 0.6 is 11.3 Å². The largest absolute Gasteiger partial charge is 0.368 e. The minimum Gasteiger partial charge on any atom is -0.368 e. The van der Waals surface area contributed by atoms with E-state index in [1.165, 1.54) is 5.56 Å². The van der Waals surface area contributed by atoms with Crippen LogP contribution in [0.25, 0.3) is 10.9 Å². The van der Waals surface area contributed by atoms with Gasteiger partial charge in [0.05, 0.1) is 11.6 Å². The Labute approximate surface area is 128 Å². The number of hydrogen-bond acceptors (Lipinski definition) is 5. The average molecular weight is 298 g/mol. The van der Waals surface area contributed by atoms with Gasteiger partial charge in [0.25, 0.3) is 0 Å². The van der Waals surface area contributed by atoms with Crippen molar-refractivity contribution in [1.29, 1.82) is 0 Å². The first-order valence-corrected chi connectivity index (χ1v) is 7.82. The number of thiophene rings is 1. The lowest BCUT2D eigenvalue weighted by Gasteiger charge is -2.24. The molecule has 5 heteroatoms. The Morgan fingerprint density at radius 1 is 1.19 bits per heavy atom. The van der Waals surface area contributed by atoms with Gasteiger partial charge >= 0.3 is 0 Å². The summed E-state index contributed by atoms with van der Waals surface area (Å²) in [6.07, 6.45) is 1.61. The Morgan fingerprint density at radius 2 is 2.05 bits per heavy atom. The zero-order valence-corrected chi connectivity index (χ0v) is 13.0. The number of nitrogens with zero attached hydrogens (tertiary/aromatic N) is 3. The van der Waals surface area contributed by atoms with E-state index in [0.29, 0.717) is 6.04 Å². The van der Waals surface area contributed by atoms with Crippen LogP contribution in [0.15, 0.2) is 47.4 Å². The number of para-hydroxylation sites is 1. The number of likely N-dealkylation sites (N-methyl/N-ethyl adjacent to an activating group) is 1. The number of nitrogens with one attached hydrogen (secondary N) is 1. The highest BCUT2D eigenvalue weighted by molar-refractivity contribution is 7.07. The van der Waals surface area contributed by atoms with Crippen molar-refractivity contribution in [1.82, 2.24) is 14.9 Å². The van der Waals surface area contributed by atoms with E-state index < -0.39 is 0 Å². The molecular formula is C16H18N4S. The molecule has 0 saturated heterocycles. The van der Waals surface area contributed by atoms with Crippen molar-refractivity contribution in [2.24, 2.45) is 0 Å². The van der Waals surface area contributed by atoms with Crippen LogP contribution < -0.4 is 5.32 Å². The van der Waals surface area contributed by atoms with E-state index >= 15 is 0 Å². The maximum atomic E-state index is 4.38. The number of fused-ring (bicyclic) bond motifs is 1. The quantitative estimate of drug-likeness (QED) is 0.784. The van der Waals surface area contributed by atoms with E-state index in [0.717, 1.165) is 23.3 Å². The highest BCUT2D eigenvalue weighted by atomic mass is 32.1. The monoisotopic (exact) mass is 298 g/mol. The van der Waals surface area contributed by atoms with Crippen LogP contribution in [0, 0.1) is 0 Å². The SMILES string of the molecule is CN(C)C(CNc1ncnc2ccccc12)c1ccsc1. The van der Waals surface area contributed by atoms with E-state index in [1.807, 2.05) is 24.3 Å². The molecule has 0 saturated carbocycles. The zero-order valence-electron chi connectivity index (χ0n) is 12.2. The molecule has 2 heterocycles. The van der Waals surface area contributed by atoms with Gasteiger partial charge in [-0.15, -0.1) is 0 Å². The van der Waals surface area contributed by atoms with Crippen LogP contribution in [-0.4, -0.2) is 35.5 Å². The highest BCUT2D eigenvalue weighted by Gasteiger charge is 2.15. The van der Waals surface area contributed by atoms with Crippen LogP contribution in [0.1, 0.15) is 11.6 Å². The molecule has 0 spiro atoms. The molecule has 0 bridgehead atoms. The smallest absolute Gasteiger partial charge is 0.137 e. The van der Waals surface area contributed by atoms with Crippen molar-refractivity contribution in [2.75, 3.05) is 26.0 Å². The van der Waals surface area contributed by atoms with Gasteiger partial charge in [0.2, 0.25) is 0 Å². The second kappa shape index (κ2) is 6.20. The van der Waals surface area contributed by atoms with Crippen LogP contribution in [0.5, 0.6) is 0 Å². The lowest BCUT2D eigenvalue weighted by atomic mass is 10.1. The van der Waals surface area contributed by atoms with Crippen molar-refractivity contribution in [3.05, 3.63) is 53.0 Å². The molecule has 1 unspecified atom stereocenters. The minimum absolute atomic E-state index is 0.324. The fraction of sp³-hybridized carbons (Fsp3) is 0.250. The van der Waals surface area contributed by atoms with Gasteiger partial charge in [-0.2, -0.15) is 11.3 Å². The van der Waals surface area contributed by atoms with Gasteiger partial charge in [0.15, 0.2) is 0 Å². The van der Waals surface area contributed by atoms with Gasteiger partial charge in [0, 0.05) is 11.9 Å². The number of benzene rings is 1. The predicted molar refractivity (Wildman–Crippen MR) is 88.8 cm³/mol. The first-order valence-electron chi connectivity index (χ1n) is 6.88. The molecule has 0 fully saturated rings. The average Bonchev–Trinajstić information content (AvgIpc) is 3.01. The summed E-state index contributed by atoms with van der Waals surface area (Å²) in [4.78, 5) is 10.9. The van der Waals surface area contributed by atoms with E-state index in [4.69, 9.17) is 0 Å². The van der Waals surface area contributed by atoms with Crippen molar-refractivity contribution in [2.45, 2.75) is 6.04 Å². The fourth-order valence-electron chi connectivity index (χ4n) is 2.40. The summed E-state index contributed by atoms with van der Waals surface area (Å²) in [5.74, 6) is 0.891. The molecule has 1 aromatic carbocycles. The molecule has 0 aliphatic rings.